The molecule has 2 saturated heterocycles. The van der Waals surface area contributed by atoms with E-state index in [4.69, 9.17) is 5.73 Å². The summed E-state index contributed by atoms with van der Waals surface area (Å²) in [5.74, 6) is 3.41. The fraction of sp³-hybridized carbons (Fsp3) is 0.909. The van der Waals surface area contributed by atoms with Crippen molar-refractivity contribution < 1.29 is 4.79 Å². The summed E-state index contributed by atoms with van der Waals surface area (Å²) in [5.41, 5.74) is 5.68. The van der Waals surface area contributed by atoms with Crippen LogP contribution >= 0.6 is 11.8 Å². The van der Waals surface area contributed by atoms with Crippen molar-refractivity contribution in [2.45, 2.75) is 19.3 Å². The summed E-state index contributed by atoms with van der Waals surface area (Å²) in [5, 5.41) is 0. The first kappa shape index (κ1) is 11.3. The molecule has 0 saturated carbocycles. The number of thioether (sulfide) groups is 1. The average molecular weight is 228 g/mol. The molecule has 0 aromatic heterocycles. The standard InChI is InChI=1S/C11H20N2OS/c12-6-9-2-1-4-13(7-9)11(14)10-3-5-15-8-10/h9-10H,1-8,12H2. The van der Waals surface area contributed by atoms with Gasteiger partial charge < -0.3 is 10.6 Å². The van der Waals surface area contributed by atoms with Crippen molar-refractivity contribution in [3.05, 3.63) is 0 Å². The van der Waals surface area contributed by atoms with Gasteiger partial charge in [-0.25, -0.2) is 0 Å². The first-order valence-electron chi connectivity index (χ1n) is 5.88. The molecular weight excluding hydrogens is 208 g/mol. The minimum atomic E-state index is 0.298. The fourth-order valence-electron chi connectivity index (χ4n) is 2.45. The predicted octanol–water partition coefficient (Wildman–Crippen LogP) is 0.937. The van der Waals surface area contributed by atoms with Gasteiger partial charge in [0.1, 0.15) is 0 Å². The van der Waals surface area contributed by atoms with E-state index in [0.29, 0.717) is 17.7 Å². The van der Waals surface area contributed by atoms with Crippen molar-refractivity contribution in [2.75, 3.05) is 31.1 Å². The normalized spacial score (nSPS) is 31.9. The Morgan fingerprint density at radius 2 is 2.33 bits per heavy atom. The van der Waals surface area contributed by atoms with E-state index in [-0.39, 0.29) is 0 Å². The molecule has 2 N–H and O–H groups in total. The Bertz CT molecular complexity index is 229. The highest BCUT2D eigenvalue weighted by molar-refractivity contribution is 7.99. The second kappa shape index (κ2) is 5.21. The van der Waals surface area contributed by atoms with Crippen LogP contribution in [-0.4, -0.2) is 41.9 Å². The molecule has 0 aromatic carbocycles. The van der Waals surface area contributed by atoms with Crippen LogP contribution in [0.25, 0.3) is 0 Å². The van der Waals surface area contributed by atoms with Gasteiger partial charge in [-0.3, -0.25) is 4.79 Å². The average Bonchev–Trinajstić information content (AvgIpc) is 2.81. The summed E-state index contributed by atoms with van der Waals surface area (Å²) < 4.78 is 0. The topological polar surface area (TPSA) is 46.3 Å². The number of piperidine rings is 1. The van der Waals surface area contributed by atoms with E-state index < -0.39 is 0 Å². The van der Waals surface area contributed by atoms with Crippen LogP contribution in [0.4, 0.5) is 0 Å². The van der Waals surface area contributed by atoms with Gasteiger partial charge in [-0.05, 0) is 37.5 Å². The third-order valence-corrected chi connectivity index (χ3v) is 4.61. The molecule has 1 amide bonds. The van der Waals surface area contributed by atoms with Crippen molar-refractivity contribution in [1.29, 1.82) is 0 Å². The van der Waals surface area contributed by atoms with Crippen LogP contribution < -0.4 is 5.73 Å². The second-order valence-corrected chi connectivity index (χ2v) is 5.74. The van der Waals surface area contributed by atoms with Crippen LogP contribution in [0.3, 0.4) is 0 Å². The van der Waals surface area contributed by atoms with E-state index in [1.165, 1.54) is 6.42 Å². The van der Waals surface area contributed by atoms with Crippen LogP contribution in [0.1, 0.15) is 19.3 Å². The van der Waals surface area contributed by atoms with E-state index in [9.17, 15) is 4.79 Å². The number of carbonyl (C=O) groups is 1. The summed E-state index contributed by atoms with van der Waals surface area (Å²) in [6.45, 7) is 2.58. The molecular formula is C11H20N2OS. The van der Waals surface area contributed by atoms with Gasteiger partial charge in [0.2, 0.25) is 5.91 Å². The molecule has 3 nitrogen and oxygen atoms in total. The maximum Gasteiger partial charge on any atom is 0.226 e. The highest BCUT2D eigenvalue weighted by atomic mass is 32.2. The summed E-state index contributed by atoms with van der Waals surface area (Å²) in [7, 11) is 0. The zero-order valence-electron chi connectivity index (χ0n) is 9.15. The maximum absolute atomic E-state index is 12.1. The molecule has 86 valence electrons. The smallest absolute Gasteiger partial charge is 0.226 e. The van der Waals surface area contributed by atoms with Crippen molar-refractivity contribution in [1.82, 2.24) is 4.90 Å². The van der Waals surface area contributed by atoms with Crippen molar-refractivity contribution in [3.8, 4) is 0 Å². The summed E-state index contributed by atoms with van der Waals surface area (Å²) >= 11 is 1.91. The molecule has 2 atom stereocenters. The molecule has 2 aliphatic rings. The third-order valence-electron chi connectivity index (χ3n) is 3.44. The molecule has 2 aliphatic heterocycles. The fourth-order valence-corrected chi connectivity index (χ4v) is 3.66. The highest BCUT2D eigenvalue weighted by Crippen LogP contribution is 2.27. The summed E-state index contributed by atoms with van der Waals surface area (Å²) in [6, 6.07) is 0. The van der Waals surface area contributed by atoms with Gasteiger partial charge in [0.15, 0.2) is 0 Å². The molecule has 0 radical (unpaired) electrons. The van der Waals surface area contributed by atoms with E-state index in [0.717, 1.165) is 44.0 Å². The number of carbonyl (C=O) groups excluding carboxylic acids is 1. The minimum Gasteiger partial charge on any atom is -0.342 e. The van der Waals surface area contributed by atoms with Crippen LogP contribution in [0.2, 0.25) is 0 Å². The van der Waals surface area contributed by atoms with Crippen LogP contribution in [0, 0.1) is 11.8 Å². The van der Waals surface area contributed by atoms with Gasteiger partial charge in [-0.15, -0.1) is 0 Å². The minimum absolute atomic E-state index is 0.298. The largest absolute Gasteiger partial charge is 0.342 e. The van der Waals surface area contributed by atoms with E-state index in [1.54, 1.807) is 0 Å². The molecule has 0 aliphatic carbocycles. The molecule has 0 bridgehead atoms. The van der Waals surface area contributed by atoms with Crippen LogP contribution in [-0.2, 0) is 4.79 Å². The maximum atomic E-state index is 12.1. The van der Waals surface area contributed by atoms with Gasteiger partial charge >= 0.3 is 0 Å². The molecule has 2 unspecified atom stereocenters. The lowest BCUT2D eigenvalue weighted by Gasteiger charge is -2.33. The quantitative estimate of drug-likeness (QED) is 0.765. The lowest BCUT2D eigenvalue weighted by atomic mass is 9.96. The number of nitrogens with zero attached hydrogens (tertiary/aromatic N) is 1. The molecule has 15 heavy (non-hydrogen) atoms. The Morgan fingerprint density at radius 1 is 1.47 bits per heavy atom. The zero-order valence-corrected chi connectivity index (χ0v) is 9.97. The first-order valence-corrected chi connectivity index (χ1v) is 7.03. The zero-order chi connectivity index (χ0) is 10.7. The second-order valence-electron chi connectivity index (χ2n) is 4.59. The highest BCUT2D eigenvalue weighted by Gasteiger charge is 2.30. The molecule has 2 fully saturated rings. The molecule has 0 aromatic rings. The predicted molar refractivity (Wildman–Crippen MR) is 63.8 cm³/mol. The number of amides is 1. The van der Waals surface area contributed by atoms with Gasteiger partial charge in [0, 0.05) is 24.8 Å². The number of nitrogens with two attached hydrogens (primary N) is 1. The Balaban J connectivity index is 1.88. The van der Waals surface area contributed by atoms with Gasteiger partial charge in [-0.2, -0.15) is 11.8 Å². The van der Waals surface area contributed by atoms with E-state index >= 15 is 0 Å². The van der Waals surface area contributed by atoms with E-state index in [2.05, 4.69) is 4.90 Å². The Kier molecular flexibility index (Phi) is 3.92. The van der Waals surface area contributed by atoms with Crippen LogP contribution in [0.15, 0.2) is 0 Å². The van der Waals surface area contributed by atoms with E-state index in [1.807, 2.05) is 11.8 Å². The number of hydrogen-bond donors (Lipinski definition) is 1. The van der Waals surface area contributed by atoms with Gasteiger partial charge in [0.25, 0.3) is 0 Å². The molecule has 0 spiro atoms. The molecule has 2 rings (SSSR count). The first-order chi connectivity index (χ1) is 7.31. The van der Waals surface area contributed by atoms with Crippen molar-refractivity contribution >= 4 is 17.7 Å². The molecule has 2 heterocycles. The van der Waals surface area contributed by atoms with Crippen molar-refractivity contribution in [2.24, 2.45) is 17.6 Å². The Labute approximate surface area is 95.8 Å². The van der Waals surface area contributed by atoms with Gasteiger partial charge in [0.05, 0.1) is 0 Å². The lowest BCUT2D eigenvalue weighted by molar-refractivity contribution is -0.136. The Morgan fingerprint density at radius 3 is 3.00 bits per heavy atom. The van der Waals surface area contributed by atoms with Crippen molar-refractivity contribution in [3.63, 3.8) is 0 Å². The molecule has 4 heteroatoms. The number of likely N-dealkylation sites (tertiary alicyclic amines) is 1. The number of rotatable bonds is 2. The third kappa shape index (κ3) is 2.67. The summed E-state index contributed by atoms with van der Waals surface area (Å²) in [4.78, 5) is 14.2. The van der Waals surface area contributed by atoms with Gasteiger partial charge in [-0.1, -0.05) is 0 Å². The Hall–Kier alpha value is -0.220. The summed E-state index contributed by atoms with van der Waals surface area (Å²) in [6.07, 6.45) is 3.40. The van der Waals surface area contributed by atoms with Crippen LogP contribution in [0.5, 0.6) is 0 Å². The SMILES string of the molecule is NCC1CCCN(C(=O)C2CCSC2)C1. The lowest BCUT2D eigenvalue weighted by Crippen LogP contribution is -2.44. The monoisotopic (exact) mass is 228 g/mol. The number of hydrogen-bond acceptors (Lipinski definition) is 3.